The highest BCUT2D eigenvalue weighted by Crippen LogP contribution is 2.11. The lowest BCUT2D eigenvalue weighted by molar-refractivity contribution is 0.112. The highest BCUT2D eigenvalue weighted by Gasteiger charge is 2.01. The number of nitrogens with zero attached hydrogens (tertiary/aromatic N) is 2. The fraction of sp³-hybridized carbons (Fsp3) is 0.150. The number of carbonyl (C=O) groups is 1. The van der Waals surface area contributed by atoms with Gasteiger partial charge >= 0.3 is 0 Å². The van der Waals surface area contributed by atoms with E-state index in [0.717, 1.165) is 30.4 Å². The first kappa shape index (κ1) is 15.9. The summed E-state index contributed by atoms with van der Waals surface area (Å²) in [6, 6.07) is 21.3. The standard InChI is InChI=1S/C20H18N2O2/c23-14-17-8-6-16(7-9-17)10-11-19-12-13-20(22-21-19)24-15-18-4-2-1-3-5-18/h1-9,12-14H,10-11,15H2. The van der Waals surface area contributed by atoms with Crippen LogP contribution in [0.5, 0.6) is 5.88 Å². The molecule has 0 saturated carbocycles. The summed E-state index contributed by atoms with van der Waals surface area (Å²) in [6.45, 7) is 0.484. The molecule has 0 radical (unpaired) electrons. The highest BCUT2D eigenvalue weighted by molar-refractivity contribution is 5.74. The van der Waals surface area contributed by atoms with E-state index >= 15 is 0 Å². The minimum absolute atomic E-state index is 0.484. The third-order valence-corrected chi connectivity index (χ3v) is 3.71. The van der Waals surface area contributed by atoms with Crippen molar-refractivity contribution in [3.8, 4) is 5.88 Å². The lowest BCUT2D eigenvalue weighted by Crippen LogP contribution is -2.01. The summed E-state index contributed by atoms with van der Waals surface area (Å²) in [5.74, 6) is 0.526. The van der Waals surface area contributed by atoms with Gasteiger partial charge in [0.2, 0.25) is 5.88 Å². The van der Waals surface area contributed by atoms with Gasteiger partial charge in [0.1, 0.15) is 12.9 Å². The number of rotatable bonds is 7. The average Bonchev–Trinajstić information content (AvgIpc) is 2.67. The van der Waals surface area contributed by atoms with E-state index in [0.29, 0.717) is 18.1 Å². The maximum atomic E-state index is 10.6. The molecule has 0 spiro atoms. The highest BCUT2D eigenvalue weighted by atomic mass is 16.5. The van der Waals surface area contributed by atoms with Gasteiger partial charge in [0.15, 0.2) is 0 Å². The van der Waals surface area contributed by atoms with E-state index in [1.165, 1.54) is 5.56 Å². The van der Waals surface area contributed by atoms with Crippen molar-refractivity contribution in [2.24, 2.45) is 0 Å². The molecule has 1 heterocycles. The molecule has 3 rings (SSSR count). The Morgan fingerprint density at radius 1 is 0.792 bits per heavy atom. The zero-order valence-corrected chi connectivity index (χ0v) is 13.3. The molecule has 0 aliphatic rings. The quantitative estimate of drug-likeness (QED) is 0.624. The molecule has 0 amide bonds. The Balaban J connectivity index is 1.51. The van der Waals surface area contributed by atoms with Gasteiger partial charge in [-0.15, -0.1) is 5.10 Å². The van der Waals surface area contributed by atoms with Crippen molar-refractivity contribution in [1.82, 2.24) is 10.2 Å². The minimum Gasteiger partial charge on any atom is -0.472 e. The van der Waals surface area contributed by atoms with Gasteiger partial charge in [0, 0.05) is 11.6 Å². The van der Waals surface area contributed by atoms with Crippen molar-refractivity contribution in [3.05, 3.63) is 89.1 Å². The second kappa shape index (κ2) is 8.02. The van der Waals surface area contributed by atoms with Gasteiger partial charge in [-0.3, -0.25) is 4.79 Å². The summed E-state index contributed by atoms with van der Waals surface area (Å²) in [6.07, 6.45) is 2.51. The molecular weight excluding hydrogens is 300 g/mol. The number of aldehydes is 1. The summed E-state index contributed by atoms with van der Waals surface area (Å²) < 4.78 is 5.63. The first-order valence-corrected chi connectivity index (χ1v) is 7.87. The van der Waals surface area contributed by atoms with Crippen molar-refractivity contribution in [2.45, 2.75) is 19.4 Å². The number of hydrogen-bond acceptors (Lipinski definition) is 4. The number of hydrogen-bond donors (Lipinski definition) is 0. The molecule has 4 heteroatoms. The van der Waals surface area contributed by atoms with E-state index in [2.05, 4.69) is 10.2 Å². The average molecular weight is 318 g/mol. The van der Waals surface area contributed by atoms with Gasteiger partial charge in [0.25, 0.3) is 0 Å². The van der Waals surface area contributed by atoms with Crippen LogP contribution in [0.1, 0.15) is 27.2 Å². The molecule has 3 aromatic rings. The Bertz CT molecular complexity index is 769. The molecule has 0 unspecified atom stereocenters. The van der Waals surface area contributed by atoms with E-state index in [4.69, 9.17) is 4.74 Å². The fourth-order valence-corrected chi connectivity index (χ4v) is 2.32. The molecule has 4 nitrogen and oxygen atoms in total. The number of aryl methyl sites for hydroxylation is 2. The van der Waals surface area contributed by atoms with Crippen LogP contribution in [0.2, 0.25) is 0 Å². The molecular formula is C20H18N2O2. The van der Waals surface area contributed by atoms with Crippen LogP contribution in [-0.2, 0) is 19.4 Å². The Labute approximate surface area is 141 Å². The van der Waals surface area contributed by atoms with Crippen molar-refractivity contribution < 1.29 is 9.53 Å². The largest absolute Gasteiger partial charge is 0.472 e. The smallest absolute Gasteiger partial charge is 0.233 e. The van der Waals surface area contributed by atoms with Gasteiger partial charge in [-0.2, -0.15) is 5.10 Å². The Morgan fingerprint density at radius 2 is 1.58 bits per heavy atom. The van der Waals surface area contributed by atoms with E-state index in [1.54, 1.807) is 0 Å². The molecule has 0 aliphatic carbocycles. The maximum Gasteiger partial charge on any atom is 0.233 e. The van der Waals surface area contributed by atoms with Crippen LogP contribution in [0, 0.1) is 0 Å². The minimum atomic E-state index is 0.484. The van der Waals surface area contributed by atoms with Crippen LogP contribution >= 0.6 is 0 Å². The van der Waals surface area contributed by atoms with Crippen LogP contribution in [0.15, 0.2) is 66.7 Å². The predicted molar refractivity (Wildman–Crippen MR) is 92.0 cm³/mol. The van der Waals surface area contributed by atoms with E-state index in [9.17, 15) is 4.79 Å². The Morgan fingerprint density at radius 3 is 2.25 bits per heavy atom. The Hall–Kier alpha value is -3.01. The summed E-state index contributed by atoms with van der Waals surface area (Å²) >= 11 is 0. The van der Waals surface area contributed by atoms with Crippen molar-refractivity contribution in [3.63, 3.8) is 0 Å². The second-order valence-corrected chi connectivity index (χ2v) is 5.50. The number of aromatic nitrogens is 2. The topological polar surface area (TPSA) is 52.1 Å². The molecule has 0 N–H and O–H groups in total. The lowest BCUT2D eigenvalue weighted by Gasteiger charge is -2.06. The van der Waals surface area contributed by atoms with Crippen molar-refractivity contribution in [2.75, 3.05) is 0 Å². The molecule has 0 bridgehead atoms. The van der Waals surface area contributed by atoms with E-state index in [-0.39, 0.29) is 0 Å². The Kier molecular flexibility index (Phi) is 5.30. The fourth-order valence-electron chi connectivity index (χ4n) is 2.32. The van der Waals surface area contributed by atoms with Crippen molar-refractivity contribution in [1.29, 1.82) is 0 Å². The zero-order chi connectivity index (χ0) is 16.6. The van der Waals surface area contributed by atoms with Gasteiger partial charge < -0.3 is 4.74 Å². The monoisotopic (exact) mass is 318 g/mol. The number of ether oxygens (including phenoxy) is 1. The summed E-state index contributed by atoms with van der Waals surface area (Å²) in [5, 5.41) is 8.32. The zero-order valence-electron chi connectivity index (χ0n) is 13.3. The van der Waals surface area contributed by atoms with Crippen LogP contribution in [-0.4, -0.2) is 16.5 Å². The molecule has 24 heavy (non-hydrogen) atoms. The van der Waals surface area contributed by atoms with E-state index < -0.39 is 0 Å². The molecule has 0 atom stereocenters. The van der Waals surface area contributed by atoms with Crippen LogP contribution in [0.25, 0.3) is 0 Å². The maximum absolute atomic E-state index is 10.6. The summed E-state index contributed by atoms with van der Waals surface area (Å²) in [7, 11) is 0. The summed E-state index contributed by atoms with van der Waals surface area (Å²) in [5.41, 5.74) is 3.88. The van der Waals surface area contributed by atoms with Gasteiger partial charge in [-0.1, -0.05) is 54.6 Å². The predicted octanol–water partition coefficient (Wildman–Crippen LogP) is 3.65. The van der Waals surface area contributed by atoms with Gasteiger partial charge in [-0.05, 0) is 30.0 Å². The molecule has 0 saturated heterocycles. The molecule has 0 fully saturated rings. The van der Waals surface area contributed by atoms with Gasteiger partial charge in [0.05, 0.1) is 5.69 Å². The molecule has 2 aromatic carbocycles. The van der Waals surface area contributed by atoms with Crippen LogP contribution < -0.4 is 4.74 Å². The SMILES string of the molecule is O=Cc1ccc(CCc2ccc(OCc3ccccc3)nn2)cc1. The van der Waals surface area contributed by atoms with Crippen LogP contribution in [0.3, 0.4) is 0 Å². The third kappa shape index (κ3) is 4.49. The molecule has 120 valence electrons. The first-order chi connectivity index (χ1) is 11.8. The third-order valence-electron chi connectivity index (χ3n) is 3.71. The second-order valence-electron chi connectivity index (χ2n) is 5.50. The first-order valence-electron chi connectivity index (χ1n) is 7.87. The lowest BCUT2D eigenvalue weighted by atomic mass is 10.1. The van der Waals surface area contributed by atoms with Crippen molar-refractivity contribution >= 4 is 6.29 Å². The number of benzene rings is 2. The number of carbonyl (C=O) groups excluding carboxylic acids is 1. The molecule has 1 aromatic heterocycles. The van der Waals surface area contributed by atoms with E-state index in [1.807, 2.05) is 66.7 Å². The summed E-state index contributed by atoms with van der Waals surface area (Å²) in [4.78, 5) is 10.6. The van der Waals surface area contributed by atoms with Gasteiger partial charge in [-0.25, -0.2) is 0 Å². The van der Waals surface area contributed by atoms with Crippen LogP contribution in [0.4, 0.5) is 0 Å². The molecule has 0 aliphatic heterocycles. The normalized spacial score (nSPS) is 10.3.